The monoisotopic (exact) mass is 431 g/mol. The van der Waals surface area contributed by atoms with Crippen LogP contribution in [0.25, 0.3) is 0 Å². The molecule has 0 aromatic heterocycles. The molecule has 1 heterocycles. The second kappa shape index (κ2) is 9.33. The number of nitrogens with one attached hydrogen (secondary N) is 3. The number of benzene rings is 1. The lowest BCUT2D eigenvalue weighted by atomic mass is 10.1. The van der Waals surface area contributed by atoms with E-state index in [0.717, 1.165) is 5.56 Å². The molecule has 1 saturated heterocycles. The van der Waals surface area contributed by atoms with Crippen molar-refractivity contribution >= 4 is 41.9 Å². The minimum Gasteiger partial charge on any atom is -0.355 e. The molecule has 126 valence electrons. The molecule has 1 aliphatic heterocycles. The Kier molecular flexibility index (Phi) is 7.79. The van der Waals surface area contributed by atoms with Gasteiger partial charge < -0.3 is 16.0 Å². The molecule has 1 atom stereocenters. The van der Waals surface area contributed by atoms with Gasteiger partial charge in [0.05, 0.1) is 12.6 Å². The molecule has 0 bridgehead atoms. The van der Waals surface area contributed by atoms with E-state index in [1.54, 1.807) is 7.05 Å². The largest absolute Gasteiger partial charge is 0.355 e. The van der Waals surface area contributed by atoms with Crippen molar-refractivity contribution in [2.45, 2.75) is 13.0 Å². The number of carbonyl (C=O) groups excluding carboxylic acids is 2. The first kappa shape index (κ1) is 19.2. The summed E-state index contributed by atoms with van der Waals surface area (Å²) in [5, 5.41) is 8.86. The van der Waals surface area contributed by atoms with Crippen molar-refractivity contribution in [3.63, 3.8) is 0 Å². The molecular formula is C15H22IN5O2. The molecule has 1 aromatic rings. The number of guanidine groups is 1. The lowest BCUT2D eigenvalue weighted by Gasteiger charge is -2.19. The predicted octanol–water partition coefficient (Wildman–Crippen LogP) is 1.08. The average molecular weight is 431 g/mol. The third-order valence-electron chi connectivity index (χ3n) is 3.44. The van der Waals surface area contributed by atoms with Crippen LogP contribution in [-0.2, 0) is 4.79 Å². The number of rotatable bonds is 5. The second-order valence-corrected chi connectivity index (χ2v) is 4.98. The molecule has 0 spiro atoms. The van der Waals surface area contributed by atoms with Gasteiger partial charge in [-0.2, -0.15) is 0 Å². The molecule has 1 aromatic carbocycles. The first-order valence-electron chi connectivity index (χ1n) is 7.22. The molecule has 7 nitrogen and oxygen atoms in total. The molecule has 0 radical (unpaired) electrons. The molecule has 0 saturated carbocycles. The van der Waals surface area contributed by atoms with E-state index in [9.17, 15) is 9.59 Å². The van der Waals surface area contributed by atoms with Gasteiger partial charge in [-0.05, 0) is 12.5 Å². The SMILES string of the molecule is CN=C(NCCN1C(=O)CNC1=O)NC(C)c1ccccc1.I. The van der Waals surface area contributed by atoms with Gasteiger partial charge in [0, 0.05) is 20.1 Å². The van der Waals surface area contributed by atoms with Crippen LogP contribution in [0.2, 0.25) is 0 Å². The van der Waals surface area contributed by atoms with E-state index in [2.05, 4.69) is 20.9 Å². The standard InChI is InChI=1S/C15H21N5O2.HI/c1-11(12-6-4-3-5-7-12)19-14(16-2)17-8-9-20-13(21)10-18-15(20)22;/h3-7,11H,8-10H2,1-2H3,(H,18,22)(H2,16,17,19);1H. The third-order valence-corrected chi connectivity index (χ3v) is 3.44. The van der Waals surface area contributed by atoms with Crippen LogP contribution in [0.1, 0.15) is 18.5 Å². The van der Waals surface area contributed by atoms with Crippen molar-refractivity contribution in [1.29, 1.82) is 0 Å². The van der Waals surface area contributed by atoms with E-state index in [4.69, 9.17) is 0 Å². The Morgan fingerprint density at radius 1 is 1.35 bits per heavy atom. The highest BCUT2D eigenvalue weighted by Crippen LogP contribution is 2.10. The number of halogens is 1. The Labute approximate surface area is 152 Å². The summed E-state index contributed by atoms with van der Waals surface area (Å²) in [6, 6.07) is 9.79. The number of hydrogen-bond acceptors (Lipinski definition) is 3. The van der Waals surface area contributed by atoms with Gasteiger partial charge in [-0.15, -0.1) is 24.0 Å². The topological polar surface area (TPSA) is 85.8 Å². The van der Waals surface area contributed by atoms with Gasteiger partial charge in [-0.25, -0.2) is 4.79 Å². The molecule has 0 aliphatic carbocycles. The summed E-state index contributed by atoms with van der Waals surface area (Å²) in [5.41, 5.74) is 1.15. The van der Waals surface area contributed by atoms with Gasteiger partial charge in [0.15, 0.2) is 5.96 Å². The normalized spacial score (nSPS) is 15.7. The first-order valence-corrected chi connectivity index (χ1v) is 7.22. The van der Waals surface area contributed by atoms with Crippen LogP contribution in [0.5, 0.6) is 0 Å². The van der Waals surface area contributed by atoms with Crippen molar-refractivity contribution in [3.8, 4) is 0 Å². The quantitative estimate of drug-likeness (QED) is 0.282. The number of aliphatic imine (C=N–C) groups is 1. The van der Waals surface area contributed by atoms with Crippen LogP contribution in [0.3, 0.4) is 0 Å². The lowest BCUT2D eigenvalue weighted by molar-refractivity contribution is -0.124. The Hall–Kier alpha value is -1.84. The van der Waals surface area contributed by atoms with E-state index in [0.29, 0.717) is 19.0 Å². The highest BCUT2D eigenvalue weighted by atomic mass is 127. The van der Waals surface area contributed by atoms with Crippen molar-refractivity contribution in [3.05, 3.63) is 35.9 Å². The molecule has 3 N–H and O–H groups in total. The van der Waals surface area contributed by atoms with Crippen LogP contribution in [-0.4, -0.2) is 49.5 Å². The molecule has 1 unspecified atom stereocenters. The van der Waals surface area contributed by atoms with Gasteiger partial charge in [0.2, 0.25) is 5.91 Å². The predicted molar refractivity (Wildman–Crippen MR) is 99.9 cm³/mol. The molecule has 3 amide bonds. The van der Waals surface area contributed by atoms with Gasteiger partial charge in [-0.3, -0.25) is 14.7 Å². The molecule has 23 heavy (non-hydrogen) atoms. The van der Waals surface area contributed by atoms with Crippen molar-refractivity contribution in [2.24, 2.45) is 4.99 Å². The smallest absolute Gasteiger partial charge is 0.324 e. The zero-order chi connectivity index (χ0) is 15.9. The zero-order valence-electron chi connectivity index (χ0n) is 13.2. The van der Waals surface area contributed by atoms with E-state index < -0.39 is 0 Å². The minimum absolute atomic E-state index is 0. The number of imide groups is 1. The fraction of sp³-hybridized carbons (Fsp3) is 0.400. The van der Waals surface area contributed by atoms with E-state index in [1.165, 1.54) is 4.90 Å². The number of hydrogen-bond donors (Lipinski definition) is 3. The molecule has 8 heteroatoms. The molecule has 2 rings (SSSR count). The summed E-state index contributed by atoms with van der Waals surface area (Å²) < 4.78 is 0. The van der Waals surface area contributed by atoms with Crippen LogP contribution in [0, 0.1) is 0 Å². The average Bonchev–Trinajstić information content (AvgIpc) is 2.86. The van der Waals surface area contributed by atoms with Crippen LogP contribution in [0.4, 0.5) is 4.79 Å². The van der Waals surface area contributed by atoms with Crippen molar-refractivity contribution in [2.75, 3.05) is 26.7 Å². The number of carbonyl (C=O) groups is 2. The third kappa shape index (κ3) is 5.38. The van der Waals surface area contributed by atoms with E-state index in [1.807, 2.05) is 37.3 Å². The first-order chi connectivity index (χ1) is 10.6. The number of amides is 3. The van der Waals surface area contributed by atoms with Gasteiger partial charge >= 0.3 is 6.03 Å². The van der Waals surface area contributed by atoms with Crippen molar-refractivity contribution in [1.82, 2.24) is 20.9 Å². The minimum atomic E-state index is -0.340. The lowest BCUT2D eigenvalue weighted by Crippen LogP contribution is -2.43. The maximum Gasteiger partial charge on any atom is 0.324 e. The Morgan fingerprint density at radius 2 is 2.04 bits per heavy atom. The fourth-order valence-electron chi connectivity index (χ4n) is 2.19. The highest BCUT2D eigenvalue weighted by molar-refractivity contribution is 14.0. The van der Waals surface area contributed by atoms with Crippen LogP contribution < -0.4 is 16.0 Å². The van der Waals surface area contributed by atoms with E-state index in [-0.39, 0.29) is 48.5 Å². The highest BCUT2D eigenvalue weighted by Gasteiger charge is 2.27. The van der Waals surface area contributed by atoms with E-state index >= 15 is 0 Å². The van der Waals surface area contributed by atoms with Crippen molar-refractivity contribution < 1.29 is 9.59 Å². The summed E-state index contributed by atoms with van der Waals surface area (Å²) in [5.74, 6) is 0.427. The summed E-state index contributed by atoms with van der Waals surface area (Å²) in [6.07, 6.45) is 0. The van der Waals surface area contributed by atoms with Gasteiger partial charge in [0.1, 0.15) is 0 Å². The van der Waals surface area contributed by atoms with Crippen LogP contribution in [0.15, 0.2) is 35.3 Å². The summed E-state index contributed by atoms with van der Waals surface area (Å²) in [7, 11) is 1.68. The Bertz CT molecular complexity index is 548. The summed E-state index contributed by atoms with van der Waals surface area (Å²) in [6.45, 7) is 2.88. The molecule has 1 fully saturated rings. The molecular weight excluding hydrogens is 409 g/mol. The maximum atomic E-state index is 11.5. The van der Waals surface area contributed by atoms with Gasteiger partial charge in [0.25, 0.3) is 0 Å². The van der Waals surface area contributed by atoms with Crippen LogP contribution >= 0.6 is 24.0 Å². The number of nitrogens with zero attached hydrogens (tertiary/aromatic N) is 2. The number of urea groups is 1. The summed E-state index contributed by atoms with van der Waals surface area (Å²) >= 11 is 0. The Balaban J connectivity index is 0.00000264. The maximum absolute atomic E-state index is 11.5. The molecule has 1 aliphatic rings. The summed E-state index contributed by atoms with van der Waals surface area (Å²) in [4.78, 5) is 28.2. The Morgan fingerprint density at radius 3 is 2.61 bits per heavy atom. The zero-order valence-corrected chi connectivity index (χ0v) is 15.5. The van der Waals surface area contributed by atoms with Gasteiger partial charge in [-0.1, -0.05) is 30.3 Å². The second-order valence-electron chi connectivity index (χ2n) is 4.98. The fourth-order valence-corrected chi connectivity index (χ4v) is 2.19.